The van der Waals surface area contributed by atoms with Gasteiger partial charge in [0, 0.05) is 0 Å². The van der Waals surface area contributed by atoms with Crippen LogP contribution in [0.15, 0.2) is 57.2 Å². The molecular formula is C34H54Si. The van der Waals surface area contributed by atoms with Gasteiger partial charge < -0.3 is 0 Å². The lowest BCUT2D eigenvalue weighted by Gasteiger charge is -2.50. The fourth-order valence-electron chi connectivity index (χ4n) is 10.5. The van der Waals surface area contributed by atoms with Crippen LogP contribution in [0.1, 0.15) is 83.1 Å². The molecule has 194 valence electrons. The molecule has 10 atom stereocenters. The van der Waals surface area contributed by atoms with Gasteiger partial charge in [-0.05, 0) is 142 Å². The van der Waals surface area contributed by atoms with E-state index in [-0.39, 0.29) is 0 Å². The third kappa shape index (κ3) is 3.49. The summed E-state index contributed by atoms with van der Waals surface area (Å²) in [7, 11) is -1.79. The van der Waals surface area contributed by atoms with Crippen molar-refractivity contribution in [2.45, 2.75) is 107 Å². The Morgan fingerprint density at radius 2 is 0.829 bits per heavy atom. The van der Waals surface area contributed by atoms with E-state index < -0.39 is 8.07 Å². The first-order valence-electron chi connectivity index (χ1n) is 14.5. The fourth-order valence-corrected chi connectivity index (χ4v) is 17.7. The molecule has 0 N–H and O–H groups in total. The summed E-state index contributed by atoms with van der Waals surface area (Å²) in [6.45, 7) is 37.2. The summed E-state index contributed by atoms with van der Waals surface area (Å²) in [4.78, 5) is 0. The lowest BCUT2D eigenvalue weighted by molar-refractivity contribution is 0.370. The SMILES string of the molecule is C=CC[Si](C)(C1C(C)C(C)C2C(C)=C(C)C(C)=C(C)C21)C1C(C)C(C)C2C(C)=C(C)C(C)=C(C)C21. The number of hydrogen-bond acceptors (Lipinski definition) is 0. The summed E-state index contributed by atoms with van der Waals surface area (Å²) < 4.78 is 0. The van der Waals surface area contributed by atoms with Gasteiger partial charge in [-0.25, -0.2) is 0 Å². The van der Waals surface area contributed by atoms with Gasteiger partial charge in [0.15, 0.2) is 0 Å². The molecular weight excluding hydrogens is 436 g/mol. The van der Waals surface area contributed by atoms with Crippen LogP contribution in [0.4, 0.5) is 0 Å². The summed E-state index contributed by atoms with van der Waals surface area (Å²) >= 11 is 0. The normalized spacial score (nSPS) is 43.6. The van der Waals surface area contributed by atoms with Crippen LogP contribution >= 0.6 is 0 Å². The molecule has 0 nitrogen and oxygen atoms in total. The first-order valence-corrected chi connectivity index (χ1v) is 17.4. The molecule has 0 aliphatic heterocycles. The molecule has 0 amide bonds. The predicted octanol–water partition coefficient (Wildman–Crippen LogP) is 10.4. The number of fused-ring (bicyclic) bond motifs is 2. The number of rotatable bonds is 4. The van der Waals surface area contributed by atoms with Gasteiger partial charge in [-0.3, -0.25) is 0 Å². The monoisotopic (exact) mass is 490 g/mol. The van der Waals surface area contributed by atoms with E-state index in [0.717, 1.165) is 58.4 Å². The van der Waals surface area contributed by atoms with Crippen LogP contribution in [0, 0.1) is 47.3 Å². The van der Waals surface area contributed by atoms with Crippen molar-refractivity contribution in [2.24, 2.45) is 47.3 Å². The molecule has 0 radical (unpaired) electrons. The molecule has 4 aliphatic carbocycles. The van der Waals surface area contributed by atoms with Crippen molar-refractivity contribution in [3.63, 3.8) is 0 Å². The Labute approximate surface area is 219 Å². The van der Waals surface area contributed by atoms with E-state index in [2.05, 4.69) is 102 Å². The van der Waals surface area contributed by atoms with Crippen molar-refractivity contribution in [1.82, 2.24) is 0 Å². The van der Waals surface area contributed by atoms with Gasteiger partial charge in [0.1, 0.15) is 0 Å². The third-order valence-corrected chi connectivity index (χ3v) is 19.1. The van der Waals surface area contributed by atoms with Crippen molar-refractivity contribution in [2.75, 3.05) is 0 Å². The molecule has 4 rings (SSSR count). The first kappa shape index (κ1) is 27.0. The summed E-state index contributed by atoms with van der Waals surface area (Å²) in [5.41, 5.74) is 14.8. The molecule has 4 aliphatic rings. The Morgan fingerprint density at radius 3 is 1.11 bits per heavy atom. The Kier molecular flexibility index (Phi) is 6.96. The average molecular weight is 491 g/mol. The summed E-state index contributed by atoms with van der Waals surface area (Å²) in [6, 6.07) is 1.27. The highest BCUT2D eigenvalue weighted by molar-refractivity contribution is 6.82. The highest BCUT2D eigenvalue weighted by Crippen LogP contribution is 2.69. The summed E-state index contributed by atoms with van der Waals surface area (Å²) in [6.07, 6.45) is 2.34. The molecule has 2 saturated carbocycles. The quantitative estimate of drug-likeness (QED) is 0.271. The topological polar surface area (TPSA) is 0 Å². The average Bonchev–Trinajstić information content (AvgIpc) is 3.24. The molecule has 10 unspecified atom stereocenters. The van der Waals surface area contributed by atoms with Crippen molar-refractivity contribution in [1.29, 1.82) is 0 Å². The summed E-state index contributed by atoms with van der Waals surface area (Å²) in [5, 5.41) is 0. The highest BCUT2D eigenvalue weighted by atomic mass is 28.3. The molecule has 0 aromatic rings. The molecule has 35 heavy (non-hydrogen) atoms. The van der Waals surface area contributed by atoms with Gasteiger partial charge in [-0.1, -0.05) is 62.6 Å². The van der Waals surface area contributed by atoms with E-state index in [1.54, 1.807) is 44.6 Å². The third-order valence-electron chi connectivity index (χ3n) is 13.1. The minimum Gasteiger partial charge on any atom is -0.103 e. The van der Waals surface area contributed by atoms with Gasteiger partial charge in [0.05, 0.1) is 8.07 Å². The van der Waals surface area contributed by atoms with E-state index in [0.29, 0.717) is 0 Å². The van der Waals surface area contributed by atoms with Gasteiger partial charge in [0.25, 0.3) is 0 Å². The number of allylic oxidation sites excluding steroid dienone is 9. The van der Waals surface area contributed by atoms with Crippen LogP contribution in [-0.2, 0) is 0 Å². The molecule has 0 heterocycles. The van der Waals surface area contributed by atoms with Crippen molar-refractivity contribution in [3.05, 3.63) is 57.2 Å². The smallest absolute Gasteiger partial charge is 0.0622 e. The van der Waals surface area contributed by atoms with E-state index in [1.807, 2.05) is 0 Å². The van der Waals surface area contributed by atoms with Crippen LogP contribution in [0.2, 0.25) is 23.7 Å². The van der Waals surface area contributed by atoms with Gasteiger partial charge in [0.2, 0.25) is 0 Å². The fraction of sp³-hybridized carbons (Fsp3) is 0.706. The van der Waals surface area contributed by atoms with Crippen LogP contribution in [0.25, 0.3) is 0 Å². The van der Waals surface area contributed by atoms with Crippen molar-refractivity contribution < 1.29 is 0 Å². The van der Waals surface area contributed by atoms with Gasteiger partial charge >= 0.3 is 0 Å². The largest absolute Gasteiger partial charge is 0.103 e. The maximum absolute atomic E-state index is 4.40. The zero-order chi connectivity index (χ0) is 26.3. The van der Waals surface area contributed by atoms with Crippen LogP contribution in [0.3, 0.4) is 0 Å². The molecule has 0 aromatic carbocycles. The van der Waals surface area contributed by atoms with E-state index in [9.17, 15) is 0 Å². The second kappa shape index (κ2) is 9.04. The lowest BCUT2D eigenvalue weighted by Crippen LogP contribution is -2.49. The minimum atomic E-state index is -1.79. The van der Waals surface area contributed by atoms with Crippen LogP contribution in [0.5, 0.6) is 0 Å². The molecule has 0 saturated heterocycles. The van der Waals surface area contributed by atoms with Crippen molar-refractivity contribution >= 4 is 8.07 Å². The molecule has 1 heteroatoms. The van der Waals surface area contributed by atoms with Crippen LogP contribution < -0.4 is 0 Å². The Hall–Kier alpha value is -1.08. The van der Waals surface area contributed by atoms with Gasteiger partial charge in [-0.15, -0.1) is 6.58 Å². The van der Waals surface area contributed by atoms with Crippen molar-refractivity contribution in [3.8, 4) is 0 Å². The second-order valence-corrected chi connectivity index (χ2v) is 18.6. The van der Waals surface area contributed by atoms with E-state index in [4.69, 9.17) is 0 Å². The molecule has 0 bridgehead atoms. The maximum Gasteiger partial charge on any atom is 0.0622 e. The Balaban J connectivity index is 1.92. The van der Waals surface area contributed by atoms with Crippen LogP contribution in [-0.4, -0.2) is 8.07 Å². The lowest BCUT2D eigenvalue weighted by atomic mass is 9.72. The van der Waals surface area contributed by atoms with E-state index >= 15 is 0 Å². The Bertz CT molecular complexity index is 968. The maximum atomic E-state index is 4.40. The second-order valence-electron chi connectivity index (χ2n) is 13.8. The van der Waals surface area contributed by atoms with Gasteiger partial charge in [-0.2, -0.15) is 0 Å². The highest BCUT2D eigenvalue weighted by Gasteiger charge is 2.63. The Morgan fingerprint density at radius 1 is 0.543 bits per heavy atom. The first-order chi connectivity index (χ1) is 16.2. The standard InChI is InChI=1S/C34H54Si/c1-15-16-35(14,33-27(12)25(10)29-21(6)17(2)19(4)23(8)31(29)33)34-28(13)26(11)30-22(7)18(3)20(5)24(9)32(30)34/h15,25-34H,1,16H2,2-14H3. The summed E-state index contributed by atoms with van der Waals surface area (Å²) in [5.74, 6) is 6.00. The zero-order valence-corrected chi connectivity index (χ0v) is 26.3. The minimum absolute atomic E-state index is 0.730. The molecule has 2 fully saturated rings. The zero-order valence-electron chi connectivity index (χ0n) is 25.3. The van der Waals surface area contributed by atoms with E-state index in [1.165, 1.54) is 6.04 Å². The molecule has 0 spiro atoms. The molecule has 0 aromatic heterocycles. The predicted molar refractivity (Wildman–Crippen MR) is 158 cm³/mol. The number of hydrogen-bond donors (Lipinski definition) is 0.